The molecule has 2 heterocycles. The lowest BCUT2D eigenvalue weighted by atomic mass is 10.2. The number of alkyl halides is 1. The fourth-order valence-corrected chi connectivity index (χ4v) is 1.33. The maximum absolute atomic E-state index is 5.68. The van der Waals surface area contributed by atoms with Crippen molar-refractivity contribution in [3.8, 4) is 11.6 Å². The molecule has 0 N–H and O–H groups in total. The number of furan rings is 1. The molecule has 0 atom stereocenters. The highest BCUT2D eigenvalue weighted by Crippen LogP contribution is 2.20. The lowest BCUT2D eigenvalue weighted by Crippen LogP contribution is -1.92. The maximum atomic E-state index is 5.68. The molecule has 2 rings (SSSR count). The highest BCUT2D eigenvalue weighted by molar-refractivity contribution is 6.16. The predicted molar refractivity (Wildman–Crippen MR) is 54.0 cm³/mol. The summed E-state index contributed by atoms with van der Waals surface area (Å²) in [5.41, 5.74) is 1.82. The molecule has 2 aromatic heterocycles. The van der Waals surface area contributed by atoms with Crippen LogP contribution in [0, 0.1) is 6.92 Å². The fourth-order valence-electron chi connectivity index (χ4n) is 1.18. The largest absolute Gasteiger partial charge is 0.461 e. The molecule has 0 radical (unpaired) electrons. The van der Waals surface area contributed by atoms with E-state index in [1.165, 1.54) is 0 Å². The molecule has 0 fully saturated rings. The molecular formula is C10H9ClN2O. The van der Waals surface area contributed by atoms with Crippen LogP contribution in [-0.4, -0.2) is 9.97 Å². The van der Waals surface area contributed by atoms with Gasteiger partial charge in [-0.3, -0.25) is 0 Å². The summed E-state index contributed by atoms with van der Waals surface area (Å²) in [4.78, 5) is 8.38. The molecule has 72 valence electrons. The van der Waals surface area contributed by atoms with Gasteiger partial charge < -0.3 is 4.42 Å². The summed E-state index contributed by atoms with van der Waals surface area (Å²) in [5, 5.41) is 0. The minimum Gasteiger partial charge on any atom is -0.461 e. The zero-order valence-corrected chi connectivity index (χ0v) is 8.45. The second-order valence-corrected chi connectivity index (χ2v) is 3.21. The summed E-state index contributed by atoms with van der Waals surface area (Å²) in [6.45, 7) is 1.95. The van der Waals surface area contributed by atoms with Crippen LogP contribution in [-0.2, 0) is 5.88 Å². The Morgan fingerprint density at radius 2 is 2.29 bits per heavy atom. The molecule has 0 aliphatic heterocycles. The molecular weight excluding hydrogens is 200 g/mol. The van der Waals surface area contributed by atoms with Gasteiger partial charge in [0.25, 0.3) is 0 Å². The monoisotopic (exact) mass is 208 g/mol. The molecule has 0 saturated heterocycles. The Bertz CT molecular complexity index is 439. The van der Waals surface area contributed by atoms with Crippen LogP contribution in [0.5, 0.6) is 0 Å². The van der Waals surface area contributed by atoms with Crippen molar-refractivity contribution in [2.45, 2.75) is 12.8 Å². The van der Waals surface area contributed by atoms with Gasteiger partial charge in [-0.25, -0.2) is 9.97 Å². The first-order valence-electron chi connectivity index (χ1n) is 4.23. The van der Waals surface area contributed by atoms with Crippen LogP contribution in [0.15, 0.2) is 29.0 Å². The first-order valence-corrected chi connectivity index (χ1v) is 4.77. The molecule has 0 aliphatic carbocycles. The van der Waals surface area contributed by atoms with Crippen molar-refractivity contribution in [1.82, 2.24) is 9.97 Å². The lowest BCUT2D eigenvalue weighted by Gasteiger charge is -1.98. The summed E-state index contributed by atoms with van der Waals surface area (Å²) >= 11 is 5.68. The summed E-state index contributed by atoms with van der Waals surface area (Å²) < 4.78 is 5.28. The zero-order chi connectivity index (χ0) is 9.97. The summed E-state index contributed by atoms with van der Waals surface area (Å²) in [6, 6.07) is 3.67. The molecule has 0 amide bonds. The lowest BCUT2D eigenvalue weighted by molar-refractivity contribution is 0.575. The van der Waals surface area contributed by atoms with E-state index in [0.717, 1.165) is 11.3 Å². The van der Waals surface area contributed by atoms with Crippen LogP contribution in [0.4, 0.5) is 0 Å². The fraction of sp³-hybridized carbons (Fsp3) is 0.200. The molecule has 0 aromatic carbocycles. The van der Waals surface area contributed by atoms with Crippen LogP contribution in [0.1, 0.15) is 11.3 Å². The molecule has 4 heteroatoms. The van der Waals surface area contributed by atoms with Gasteiger partial charge in [0.2, 0.25) is 0 Å². The first-order chi connectivity index (χ1) is 6.81. The van der Waals surface area contributed by atoms with Gasteiger partial charge in [0.15, 0.2) is 11.6 Å². The number of rotatable bonds is 2. The Kier molecular flexibility index (Phi) is 2.50. The van der Waals surface area contributed by atoms with E-state index in [0.29, 0.717) is 17.5 Å². The van der Waals surface area contributed by atoms with E-state index in [-0.39, 0.29) is 0 Å². The van der Waals surface area contributed by atoms with Crippen molar-refractivity contribution in [3.63, 3.8) is 0 Å². The van der Waals surface area contributed by atoms with Crippen LogP contribution in [0.25, 0.3) is 11.6 Å². The van der Waals surface area contributed by atoms with Gasteiger partial charge in [-0.05, 0) is 24.6 Å². The van der Waals surface area contributed by atoms with Gasteiger partial charge in [0.05, 0.1) is 17.8 Å². The number of aromatic nitrogens is 2. The van der Waals surface area contributed by atoms with Gasteiger partial charge >= 0.3 is 0 Å². The summed E-state index contributed by atoms with van der Waals surface area (Å²) in [7, 11) is 0. The van der Waals surface area contributed by atoms with Crippen molar-refractivity contribution >= 4 is 11.6 Å². The van der Waals surface area contributed by atoms with Gasteiger partial charge in [-0.2, -0.15) is 0 Å². The van der Waals surface area contributed by atoms with Crippen molar-refractivity contribution in [2.24, 2.45) is 0 Å². The van der Waals surface area contributed by atoms with Gasteiger partial charge in [-0.1, -0.05) is 0 Å². The van der Waals surface area contributed by atoms with Gasteiger partial charge in [-0.15, -0.1) is 11.6 Å². The van der Waals surface area contributed by atoms with E-state index in [1.54, 1.807) is 18.5 Å². The minimum atomic E-state index is 0.384. The average molecular weight is 209 g/mol. The molecule has 0 unspecified atom stereocenters. The van der Waals surface area contributed by atoms with E-state index < -0.39 is 0 Å². The van der Waals surface area contributed by atoms with Gasteiger partial charge in [0.1, 0.15) is 0 Å². The predicted octanol–water partition coefficient (Wildman–Crippen LogP) is 2.78. The Hall–Kier alpha value is -1.35. The maximum Gasteiger partial charge on any atom is 0.196 e. The van der Waals surface area contributed by atoms with Crippen LogP contribution in [0.3, 0.4) is 0 Å². The molecule has 0 saturated carbocycles. The van der Waals surface area contributed by atoms with E-state index >= 15 is 0 Å². The minimum absolute atomic E-state index is 0.384. The highest BCUT2D eigenvalue weighted by Gasteiger charge is 2.08. The molecule has 0 aliphatic rings. The third-order valence-electron chi connectivity index (χ3n) is 1.92. The SMILES string of the molecule is Cc1ccoc1-c1nccc(CCl)n1. The normalized spacial score (nSPS) is 10.4. The zero-order valence-electron chi connectivity index (χ0n) is 7.70. The van der Waals surface area contributed by atoms with Crippen LogP contribution >= 0.6 is 11.6 Å². The Labute approximate surface area is 86.8 Å². The van der Waals surface area contributed by atoms with Crippen molar-refractivity contribution in [2.75, 3.05) is 0 Å². The van der Waals surface area contributed by atoms with Gasteiger partial charge in [0, 0.05) is 6.20 Å². The highest BCUT2D eigenvalue weighted by atomic mass is 35.5. The molecule has 3 nitrogen and oxygen atoms in total. The summed E-state index contributed by atoms with van der Waals surface area (Å²) in [5.74, 6) is 1.68. The quantitative estimate of drug-likeness (QED) is 0.713. The third kappa shape index (κ3) is 1.63. The second-order valence-electron chi connectivity index (χ2n) is 2.94. The molecule has 14 heavy (non-hydrogen) atoms. The van der Waals surface area contributed by atoms with Crippen molar-refractivity contribution in [1.29, 1.82) is 0 Å². The van der Waals surface area contributed by atoms with E-state index in [9.17, 15) is 0 Å². The van der Waals surface area contributed by atoms with E-state index in [4.69, 9.17) is 16.0 Å². The third-order valence-corrected chi connectivity index (χ3v) is 2.19. The number of hydrogen-bond acceptors (Lipinski definition) is 3. The average Bonchev–Trinajstić information content (AvgIpc) is 2.65. The standard InChI is InChI=1S/C10H9ClN2O/c1-7-3-5-14-9(7)10-12-4-2-8(6-11)13-10/h2-5H,6H2,1H3. The summed E-state index contributed by atoms with van der Waals surface area (Å²) in [6.07, 6.45) is 3.31. The van der Waals surface area contributed by atoms with E-state index in [1.807, 2.05) is 13.0 Å². The van der Waals surface area contributed by atoms with Crippen LogP contribution in [0.2, 0.25) is 0 Å². The molecule has 0 bridgehead atoms. The van der Waals surface area contributed by atoms with Crippen LogP contribution < -0.4 is 0 Å². The number of nitrogens with zero attached hydrogens (tertiary/aromatic N) is 2. The molecule has 2 aromatic rings. The van der Waals surface area contributed by atoms with Crippen molar-refractivity contribution < 1.29 is 4.42 Å². The Balaban J connectivity index is 2.47. The topological polar surface area (TPSA) is 38.9 Å². The molecule has 0 spiro atoms. The number of hydrogen-bond donors (Lipinski definition) is 0. The second kappa shape index (κ2) is 3.80. The Morgan fingerprint density at radius 3 is 2.93 bits per heavy atom. The van der Waals surface area contributed by atoms with Crippen molar-refractivity contribution in [3.05, 3.63) is 35.9 Å². The van der Waals surface area contributed by atoms with E-state index in [2.05, 4.69) is 9.97 Å². The number of aryl methyl sites for hydroxylation is 1. The first kappa shape index (κ1) is 9.21. The Morgan fingerprint density at radius 1 is 1.43 bits per heavy atom. The smallest absolute Gasteiger partial charge is 0.196 e. The number of halogens is 1.